The fraction of sp³-hybridized carbons (Fsp3) is 0.520. The molecule has 3 rings (SSSR count). The van der Waals surface area contributed by atoms with Crippen molar-refractivity contribution in [2.24, 2.45) is 0 Å². The summed E-state index contributed by atoms with van der Waals surface area (Å²) >= 11 is 5.88. The van der Waals surface area contributed by atoms with E-state index in [2.05, 4.69) is 47.4 Å². The van der Waals surface area contributed by atoms with Gasteiger partial charge in [-0.1, -0.05) is 18.2 Å². The molecule has 3 heterocycles. The van der Waals surface area contributed by atoms with E-state index in [0.29, 0.717) is 35.8 Å². The molecule has 35 heavy (non-hydrogen) atoms. The van der Waals surface area contributed by atoms with Crippen LogP contribution in [0.3, 0.4) is 0 Å². The number of aromatic nitrogens is 4. The lowest BCUT2D eigenvalue weighted by Gasteiger charge is -2.27. The Kier molecular flexibility index (Phi) is 11.0. The van der Waals surface area contributed by atoms with E-state index < -0.39 is 0 Å². The number of allylic oxidation sites excluding steroid dienone is 2. The number of hydrogen-bond acceptors (Lipinski definition) is 9. The van der Waals surface area contributed by atoms with Crippen molar-refractivity contribution in [2.75, 3.05) is 60.2 Å². The predicted octanol–water partition coefficient (Wildman–Crippen LogP) is 4.43. The van der Waals surface area contributed by atoms with Gasteiger partial charge in [0.05, 0.1) is 0 Å². The average molecular weight is 501 g/mol. The monoisotopic (exact) mass is 500 g/mol. The Labute approximate surface area is 213 Å². The molecule has 0 radical (unpaired) electrons. The number of nitrogens with zero attached hydrogens (tertiary/aromatic N) is 5. The largest absolute Gasteiger partial charge is 0.396 e. The SMILES string of the molecule is C=C(Cl)/C=C\c1c(NCCCCNc2nc(NCCCO)nc(N3CCCCC3)n2)ccnc1C. The lowest BCUT2D eigenvalue weighted by Crippen LogP contribution is -2.31. The molecule has 190 valence electrons. The Morgan fingerprint density at radius 1 is 1.03 bits per heavy atom. The van der Waals surface area contributed by atoms with Crippen LogP contribution >= 0.6 is 11.6 Å². The number of aryl methyl sites for hydroxylation is 1. The zero-order valence-corrected chi connectivity index (χ0v) is 21.3. The second-order valence-corrected chi connectivity index (χ2v) is 9.02. The molecule has 0 bridgehead atoms. The van der Waals surface area contributed by atoms with E-state index in [4.69, 9.17) is 16.7 Å². The van der Waals surface area contributed by atoms with Crippen molar-refractivity contribution in [3.05, 3.63) is 41.2 Å². The Bertz CT molecular complexity index is 978. The first-order valence-corrected chi connectivity index (χ1v) is 12.8. The molecule has 1 fully saturated rings. The van der Waals surface area contributed by atoms with Gasteiger partial charge >= 0.3 is 0 Å². The summed E-state index contributed by atoms with van der Waals surface area (Å²) in [5.74, 6) is 1.84. The van der Waals surface area contributed by atoms with E-state index in [1.807, 2.05) is 19.1 Å². The molecule has 1 saturated heterocycles. The van der Waals surface area contributed by atoms with Crippen LogP contribution in [0.2, 0.25) is 0 Å². The zero-order chi connectivity index (χ0) is 24.9. The van der Waals surface area contributed by atoms with Crippen LogP contribution in [-0.2, 0) is 0 Å². The van der Waals surface area contributed by atoms with Crippen molar-refractivity contribution in [3.63, 3.8) is 0 Å². The molecule has 0 aliphatic carbocycles. The molecule has 0 saturated carbocycles. The number of aliphatic hydroxyl groups excluding tert-OH is 1. The lowest BCUT2D eigenvalue weighted by molar-refractivity contribution is 0.292. The van der Waals surface area contributed by atoms with Crippen molar-refractivity contribution in [1.29, 1.82) is 0 Å². The summed E-state index contributed by atoms with van der Waals surface area (Å²) in [5.41, 5.74) is 2.99. The second kappa shape index (κ2) is 14.5. The molecule has 2 aromatic heterocycles. The lowest BCUT2D eigenvalue weighted by atomic mass is 10.1. The Hall–Kier alpha value is -2.91. The number of hydrogen-bond donors (Lipinski definition) is 4. The molecule has 1 aliphatic heterocycles. The summed E-state index contributed by atoms with van der Waals surface area (Å²) in [6, 6.07) is 1.97. The highest BCUT2D eigenvalue weighted by atomic mass is 35.5. The molecular formula is C25H37ClN8O. The minimum Gasteiger partial charge on any atom is -0.396 e. The molecule has 0 spiro atoms. The fourth-order valence-corrected chi connectivity index (χ4v) is 3.89. The third kappa shape index (κ3) is 8.99. The molecule has 9 nitrogen and oxygen atoms in total. The molecule has 0 atom stereocenters. The van der Waals surface area contributed by atoms with E-state index >= 15 is 0 Å². The summed E-state index contributed by atoms with van der Waals surface area (Å²) in [5, 5.41) is 19.6. The standard InChI is InChI=1S/C25H37ClN8O/c1-19(26)9-10-21-20(2)27-15-11-22(21)28-12-4-5-13-29-23-31-24(30-14-8-18-35)33-25(32-23)34-16-6-3-7-17-34/h9-11,15,35H,1,3-8,12-14,16-18H2,2H3,(H,27,28)(H2,29,30,31,32,33)/b10-9-. The smallest absolute Gasteiger partial charge is 0.231 e. The van der Waals surface area contributed by atoms with E-state index in [0.717, 1.165) is 68.8 Å². The summed E-state index contributed by atoms with van der Waals surface area (Å²) < 4.78 is 0. The normalized spacial score (nSPS) is 13.7. The van der Waals surface area contributed by atoms with E-state index in [9.17, 15) is 0 Å². The van der Waals surface area contributed by atoms with E-state index in [-0.39, 0.29) is 6.61 Å². The van der Waals surface area contributed by atoms with Gasteiger partial charge in [-0.3, -0.25) is 4.98 Å². The van der Waals surface area contributed by atoms with E-state index in [1.54, 1.807) is 12.3 Å². The maximum atomic E-state index is 9.06. The second-order valence-electron chi connectivity index (χ2n) is 8.53. The van der Waals surface area contributed by atoms with Gasteiger partial charge in [-0.05, 0) is 63.7 Å². The number of pyridine rings is 1. The molecule has 2 aromatic rings. The molecule has 0 amide bonds. The van der Waals surface area contributed by atoms with Gasteiger partial charge in [0.15, 0.2) is 0 Å². The van der Waals surface area contributed by atoms with Crippen molar-refractivity contribution >= 4 is 41.2 Å². The summed E-state index contributed by atoms with van der Waals surface area (Å²) in [6.07, 6.45) is 11.7. The van der Waals surface area contributed by atoms with Crippen molar-refractivity contribution in [1.82, 2.24) is 19.9 Å². The summed E-state index contributed by atoms with van der Waals surface area (Å²) in [7, 11) is 0. The molecule has 0 aromatic carbocycles. The molecule has 0 unspecified atom stereocenters. The van der Waals surface area contributed by atoms with Crippen LogP contribution in [0.5, 0.6) is 0 Å². The molecule has 10 heteroatoms. The van der Waals surface area contributed by atoms with Crippen LogP contribution < -0.4 is 20.9 Å². The number of anilines is 4. The van der Waals surface area contributed by atoms with Crippen LogP contribution in [-0.4, -0.2) is 64.4 Å². The quantitative estimate of drug-likeness (QED) is 0.221. The molecule has 4 N–H and O–H groups in total. The third-order valence-electron chi connectivity index (χ3n) is 5.70. The first kappa shape index (κ1) is 26.7. The van der Waals surface area contributed by atoms with Crippen LogP contribution in [0, 0.1) is 6.92 Å². The maximum absolute atomic E-state index is 9.06. The van der Waals surface area contributed by atoms with Gasteiger partial charge in [-0.25, -0.2) is 0 Å². The highest BCUT2D eigenvalue weighted by Gasteiger charge is 2.16. The summed E-state index contributed by atoms with van der Waals surface area (Å²) in [6.45, 7) is 9.97. The first-order chi connectivity index (χ1) is 17.1. The molecule has 1 aliphatic rings. The van der Waals surface area contributed by atoms with E-state index in [1.165, 1.54) is 6.42 Å². The Morgan fingerprint density at radius 2 is 1.69 bits per heavy atom. The highest BCUT2D eigenvalue weighted by Crippen LogP contribution is 2.21. The predicted molar refractivity (Wildman–Crippen MR) is 145 cm³/mol. The van der Waals surface area contributed by atoms with Crippen LogP contribution in [0.25, 0.3) is 6.08 Å². The fourth-order valence-electron chi connectivity index (χ4n) is 3.83. The zero-order valence-electron chi connectivity index (χ0n) is 20.6. The highest BCUT2D eigenvalue weighted by molar-refractivity contribution is 6.31. The Balaban J connectivity index is 1.51. The van der Waals surface area contributed by atoms with Gasteiger partial charge < -0.3 is 26.0 Å². The van der Waals surface area contributed by atoms with Crippen molar-refractivity contribution < 1.29 is 5.11 Å². The minimum atomic E-state index is 0.134. The first-order valence-electron chi connectivity index (χ1n) is 12.4. The summed E-state index contributed by atoms with van der Waals surface area (Å²) in [4.78, 5) is 20.4. The van der Waals surface area contributed by atoms with Gasteiger partial charge in [0.25, 0.3) is 0 Å². The molecular weight excluding hydrogens is 464 g/mol. The maximum Gasteiger partial charge on any atom is 0.231 e. The number of nitrogens with one attached hydrogen (secondary N) is 3. The van der Waals surface area contributed by atoms with Crippen molar-refractivity contribution in [2.45, 2.75) is 45.4 Å². The third-order valence-corrected chi connectivity index (χ3v) is 5.83. The van der Waals surface area contributed by atoms with Gasteiger partial charge in [-0.2, -0.15) is 15.0 Å². The van der Waals surface area contributed by atoms with Gasteiger partial charge in [0.1, 0.15) is 0 Å². The number of piperidine rings is 1. The van der Waals surface area contributed by atoms with Crippen LogP contribution in [0.4, 0.5) is 23.5 Å². The van der Waals surface area contributed by atoms with Crippen molar-refractivity contribution in [3.8, 4) is 0 Å². The average Bonchev–Trinajstić information content (AvgIpc) is 2.86. The van der Waals surface area contributed by atoms with Gasteiger partial charge in [0.2, 0.25) is 17.8 Å². The number of unbranched alkanes of at least 4 members (excludes halogenated alkanes) is 1. The minimum absolute atomic E-state index is 0.134. The number of aliphatic hydroxyl groups is 1. The Morgan fingerprint density at radius 3 is 2.34 bits per heavy atom. The number of rotatable bonds is 14. The van der Waals surface area contributed by atoms with Crippen LogP contribution in [0.15, 0.2) is 30.0 Å². The van der Waals surface area contributed by atoms with Crippen LogP contribution in [0.1, 0.15) is 49.8 Å². The van der Waals surface area contributed by atoms with Gasteiger partial charge in [-0.15, -0.1) is 0 Å². The number of halogens is 1. The van der Waals surface area contributed by atoms with Gasteiger partial charge in [0, 0.05) is 67.5 Å². The topological polar surface area (TPSA) is 111 Å².